The summed E-state index contributed by atoms with van der Waals surface area (Å²) in [4.78, 5) is 31.6. The van der Waals surface area contributed by atoms with Crippen molar-refractivity contribution in [3.63, 3.8) is 0 Å². The van der Waals surface area contributed by atoms with Gasteiger partial charge in [-0.15, -0.1) is 0 Å². The number of anilines is 1. The van der Waals surface area contributed by atoms with Gasteiger partial charge >= 0.3 is 6.03 Å². The van der Waals surface area contributed by atoms with Crippen molar-refractivity contribution in [2.24, 2.45) is 5.41 Å². The Morgan fingerprint density at radius 2 is 2.09 bits per heavy atom. The van der Waals surface area contributed by atoms with E-state index >= 15 is 0 Å². The molecule has 3 aliphatic rings. The number of aliphatic hydroxyl groups is 1. The molecule has 0 unspecified atom stereocenters. The number of aliphatic hydroxyl groups excluding tert-OH is 1. The highest BCUT2D eigenvalue weighted by Gasteiger charge is 2.51. The van der Waals surface area contributed by atoms with Crippen LogP contribution < -0.4 is 5.32 Å². The number of carbonyl (C=O) groups excluding carboxylic acids is 2. The highest BCUT2D eigenvalue weighted by molar-refractivity contribution is 6.31. The van der Waals surface area contributed by atoms with Gasteiger partial charge in [-0.1, -0.05) is 11.6 Å². The number of nitrogens with one attached hydrogen (secondary N) is 1. The Hall–Kier alpha value is -1.94. The Labute approximate surface area is 205 Å². The number of hydrogen-bond donors (Lipinski definition) is 2. The number of likely N-dealkylation sites (tertiary alicyclic amines) is 1. The molecule has 2 saturated heterocycles. The first-order valence-corrected chi connectivity index (χ1v) is 12.3. The third-order valence-electron chi connectivity index (χ3n) is 7.66. The maximum Gasteiger partial charge on any atom is 0.322 e. The predicted molar refractivity (Wildman–Crippen MR) is 127 cm³/mol. The molecular weight excluding hydrogens is 463 g/mol. The Bertz CT molecular complexity index is 915. The minimum atomic E-state index is -0.643. The molecular formula is C24H34ClFN4O4. The summed E-state index contributed by atoms with van der Waals surface area (Å²) < 4.78 is 18.8. The number of β-amino-alcohol motifs (C(OH)–C–C–N with tert-alkyl or cyclic N) is 1. The first-order chi connectivity index (χ1) is 16.2. The van der Waals surface area contributed by atoms with Crippen LogP contribution in [0, 0.1) is 11.2 Å². The van der Waals surface area contributed by atoms with Gasteiger partial charge in [0.15, 0.2) is 0 Å². The zero-order chi connectivity index (χ0) is 24.5. The van der Waals surface area contributed by atoms with Crippen LogP contribution >= 0.6 is 11.6 Å². The lowest BCUT2D eigenvalue weighted by Gasteiger charge is -2.43. The van der Waals surface area contributed by atoms with Crippen LogP contribution in [0.25, 0.3) is 0 Å². The molecule has 10 heteroatoms. The number of methoxy groups -OCH3 is 1. The molecule has 1 aliphatic carbocycles. The van der Waals surface area contributed by atoms with E-state index in [9.17, 15) is 19.1 Å². The third kappa shape index (κ3) is 5.32. The van der Waals surface area contributed by atoms with Crippen LogP contribution in [0.5, 0.6) is 0 Å². The largest absolute Gasteiger partial charge is 0.391 e. The topological polar surface area (TPSA) is 85.3 Å². The second-order valence-corrected chi connectivity index (χ2v) is 10.2. The second-order valence-electron chi connectivity index (χ2n) is 9.79. The fourth-order valence-corrected chi connectivity index (χ4v) is 5.36. The highest BCUT2D eigenvalue weighted by Crippen LogP contribution is 2.53. The molecule has 1 aromatic rings. The van der Waals surface area contributed by atoms with Crippen LogP contribution in [-0.2, 0) is 9.53 Å². The van der Waals surface area contributed by atoms with Crippen molar-refractivity contribution >= 4 is 29.2 Å². The van der Waals surface area contributed by atoms with Crippen LogP contribution in [0.3, 0.4) is 0 Å². The summed E-state index contributed by atoms with van der Waals surface area (Å²) in [6, 6.07) is 2.78. The summed E-state index contributed by atoms with van der Waals surface area (Å²) >= 11 is 5.80. The van der Waals surface area contributed by atoms with Gasteiger partial charge in [0, 0.05) is 39.0 Å². The Balaban J connectivity index is 1.33. The van der Waals surface area contributed by atoms with E-state index in [1.807, 2.05) is 4.90 Å². The zero-order valence-electron chi connectivity index (χ0n) is 19.8. The molecule has 3 fully saturated rings. The van der Waals surface area contributed by atoms with E-state index in [1.165, 1.54) is 23.1 Å². The first kappa shape index (κ1) is 25.2. The lowest BCUT2D eigenvalue weighted by Crippen LogP contribution is -2.61. The summed E-state index contributed by atoms with van der Waals surface area (Å²) in [5.74, 6) is -0.691. The maximum atomic E-state index is 13.4. The van der Waals surface area contributed by atoms with Gasteiger partial charge in [0.25, 0.3) is 0 Å². The van der Waals surface area contributed by atoms with Gasteiger partial charge in [0.05, 0.1) is 23.8 Å². The molecule has 3 atom stereocenters. The number of rotatable bonds is 7. The number of nitrogens with zero attached hydrogens (tertiary/aromatic N) is 3. The second kappa shape index (κ2) is 10.4. The van der Waals surface area contributed by atoms with E-state index in [1.54, 1.807) is 14.0 Å². The molecule has 3 amide bonds. The zero-order valence-corrected chi connectivity index (χ0v) is 20.6. The molecule has 2 aliphatic heterocycles. The number of urea groups is 1. The summed E-state index contributed by atoms with van der Waals surface area (Å²) in [5, 5.41) is 13.1. The van der Waals surface area contributed by atoms with E-state index in [0.717, 1.165) is 38.8 Å². The van der Waals surface area contributed by atoms with Crippen molar-refractivity contribution in [3.05, 3.63) is 29.0 Å². The number of hydrogen-bond acceptors (Lipinski definition) is 5. The molecule has 0 radical (unpaired) electrons. The molecule has 34 heavy (non-hydrogen) atoms. The van der Waals surface area contributed by atoms with Crippen LogP contribution in [-0.4, -0.2) is 96.4 Å². The fraction of sp³-hybridized carbons (Fsp3) is 0.667. The highest BCUT2D eigenvalue weighted by atomic mass is 35.5. The van der Waals surface area contributed by atoms with Gasteiger partial charge in [0.1, 0.15) is 11.9 Å². The number of ether oxygens (including phenoxy) is 1. The van der Waals surface area contributed by atoms with E-state index in [-0.39, 0.29) is 28.5 Å². The van der Waals surface area contributed by atoms with Crippen molar-refractivity contribution < 1.29 is 23.8 Å². The Morgan fingerprint density at radius 1 is 1.32 bits per heavy atom. The van der Waals surface area contributed by atoms with Crippen LogP contribution in [0.1, 0.15) is 32.6 Å². The Morgan fingerprint density at radius 3 is 2.74 bits per heavy atom. The molecule has 0 bridgehead atoms. The molecule has 1 spiro atoms. The number of halogens is 2. The first-order valence-electron chi connectivity index (χ1n) is 12.0. The summed E-state index contributed by atoms with van der Waals surface area (Å²) in [6.07, 6.45) is 3.78. The van der Waals surface area contributed by atoms with Crippen molar-refractivity contribution in [2.75, 3.05) is 51.8 Å². The molecule has 2 heterocycles. The van der Waals surface area contributed by atoms with Crippen LogP contribution in [0.15, 0.2) is 18.2 Å². The predicted octanol–water partition coefficient (Wildman–Crippen LogP) is 2.80. The monoisotopic (exact) mass is 496 g/mol. The van der Waals surface area contributed by atoms with Gasteiger partial charge in [0.2, 0.25) is 5.91 Å². The minimum Gasteiger partial charge on any atom is -0.391 e. The minimum absolute atomic E-state index is 0.0809. The fourth-order valence-electron chi connectivity index (χ4n) is 5.18. The SMILES string of the molecule is COC[C@H](CCN1CCC2(CC2)[C@H](O)C1)N1CCN(C(=O)Nc2ccc(F)c(Cl)c2)[C@@H](C)C1=O. The van der Waals surface area contributed by atoms with E-state index in [2.05, 4.69) is 10.2 Å². The normalized spacial score (nSPS) is 25.5. The molecule has 188 valence electrons. The number of piperidine rings is 1. The summed E-state index contributed by atoms with van der Waals surface area (Å²) in [7, 11) is 1.62. The van der Waals surface area contributed by atoms with E-state index in [4.69, 9.17) is 16.3 Å². The molecule has 1 saturated carbocycles. The lowest BCUT2D eigenvalue weighted by molar-refractivity contribution is -0.143. The Kier molecular flexibility index (Phi) is 7.66. The summed E-state index contributed by atoms with van der Waals surface area (Å²) in [5.41, 5.74) is 0.539. The number of carbonyl (C=O) groups is 2. The number of piperazine rings is 1. The molecule has 1 aromatic carbocycles. The van der Waals surface area contributed by atoms with Gasteiger partial charge in [-0.05, 0) is 62.8 Å². The number of amides is 3. The van der Waals surface area contributed by atoms with Crippen molar-refractivity contribution in [3.8, 4) is 0 Å². The molecule has 2 N–H and O–H groups in total. The van der Waals surface area contributed by atoms with Crippen LogP contribution in [0.2, 0.25) is 5.02 Å². The van der Waals surface area contributed by atoms with Gasteiger partial charge in [-0.3, -0.25) is 4.79 Å². The molecule has 0 aromatic heterocycles. The van der Waals surface area contributed by atoms with Gasteiger partial charge < -0.3 is 29.9 Å². The van der Waals surface area contributed by atoms with Crippen molar-refractivity contribution in [2.45, 2.75) is 50.8 Å². The molecule has 4 rings (SSSR count). The lowest BCUT2D eigenvalue weighted by atomic mass is 9.90. The summed E-state index contributed by atoms with van der Waals surface area (Å²) in [6.45, 7) is 5.35. The average Bonchev–Trinajstić information content (AvgIpc) is 3.59. The van der Waals surface area contributed by atoms with Gasteiger partial charge in [-0.2, -0.15) is 0 Å². The van der Waals surface area contributed by atoms with E-state index in [0.29, 0.717) is 31.9 Å². The van der Waals surface area contributed by atoms with Crippen molar-refractivity contribution in [1.29, 1.82) is 0 Å². The van der Waals surface area contributed by atoms with Crippen molar-refractivity contribution in [1.82, 2.24) is 14.7 Å². The maximum absolute atomic E-state index is 13.4. The van der Waals surface area contributed by atoms with Crippen LogP contribution in [0.4, 0.5) is 14.9 Å². The standard InChI is InChI=1S/C24H34ClFN4O4/c1-16-22(32)30(12-11-29(16)23(33)27-17-3-4-20(26)19(25)13-17)18(15-34-2)5-9-28-10-8-24(6-7-24)21(31)14-28/h3-4,13,16,18,21,31H,5-12,14-15H2,1-2H3,(H,27,33)/t16-,18-,21+/m0/s1. The smallest absolute Gasteiger partial charge is 0.322 e. The molecule has 8 nitrogen and oxygen atoms in total. The van der Waals surface area contributed by atoms with E-state index < -0.39 is 17.9 Å². The number of benzene rings is 1. The third-order valence-corrected chi connectivity index (χ3v) is 7.95. The quantitative estimate of drug-likeness (QED) is 0.606. The van der Waals surface area contributed by atoms with Gasteiger partial charge in [-0.25, -0.2) is 9.18 Å². The average molecular weight is 497 g/mol.